The molecule has 4 nitrogen and oxygen atoms in total. The first-order valence-corrected chi connectivity index (χ1v) is 6.73. The molecule has 0 radical (unpaired) electrons. The fourth-order valence-corrected chi connectivity index (χ4v) is 2.47. The number of nitrogens with one attached hydrogen (secondary N) is 1. The second-order valence-corrected chi connectivity index (χ2v) is 4.98. The Balaban J connectivity index is 1.88. The smallest absolute Gasteiger partial charge is 0.165 e. The molecule has 1 N–H and O–H groups in total. The maximum Gasteiger partial charge on any atom is 0.165 e. The van der Waals surface area contributed by atoms with E-state index in [0.717, 1.165) is 19.5 Å². The lowest BCUT2D eigenvalue weighted by molar-refractivity contribution is 0.262. The second kappa shape index (κ2) is 5.63. The molecule has 1 aromatic heterocycles. The van der Waals surface area contributed by atoms with Gasteiger partial charge in [-0.15, -0.1) is 0 Å². The number of nitrogens with zero attached hydrogens (tertiary/aromatic N) is 1. The molecule has 1 aliphatic heterocycles. The first-order chi connectivity index (χ1) is 9.78. The van der Waals surface area contributed by atoms with Crippen LogP contribution in [-0.4, -0.2) is 31.8 Å². The molecule has 0 bridgehead atoms. The topological polar surface area (TPSA) is 43.4 Å². The summed E-state index contributed by atoms with van der Waals surface area (Å²) in [5.74, 6) is 0.979. The lowest BCUT2D eigenvalue weighted by atomic mass is 10.1. The second-order valence-electron chi connectivity index (χ2n) is 4.98. The number of halogens is 1. The summed E-state index contributed by atoms with van der Waals surface area (Å²) in [4.78, 5) is 4.23. The minimum absolute atomic E-state index is 0.196. The average molecular weight is 276 g/mol. The van der Waals surface area contributed by atoms with Crippen LogP contribution in [0, 0.1) is 11.7 Å². The van der Waals surface area contributed by atoms with Crippen LogP contribution in [0.3, 0.4) is 0 Å². The highest BCUT2D eigenvalue weighted by Gasteiger charge is 2.16. The molecule has 0 spiro atoms. The van der Waals surface area contributed by atoms with Gasteiger partial charge in [-0.2, -0.15) is 0 Å². The molecule has 20 heavy (non-hydrogen) atoms. The summed E-state index contributed by atoms with van der Waals surface area (Å²) < 4.78 is 24.6. The first-order valence-electron chi connectivity index (χ1n) is 6.73. The van der Waals surface area contributed by atoms with E-state index in [1.165, 1.54) is 13.2 Å². The summed E-state index contributed by atoms with van der Waals surface area (Å²) >= 11 is 0. The van der Waals surface area contributed by atoms with Crippen LogP contribution < -0.4 is 14.8 Å². The highest BCUT2D eigenvalue weighted by atomic mass is 19.1. The van der Waals surface area contributed by atoms with E-state index in [-0.39, 0.29) is 5.75 Å². The normalized spacial score (nSPS) is 18.4. The molecular formula is C15H17FN2O2. The predicted molar refractivity (Wildman–Crippen MR) is 74.7 cm³/mol. The maximum absolute atomic E-state index is 13.8. The molecule has 0 saturated carbocycles. The number of fused-ring (bicyclic) bond motifs is 1. The number of rotatable bonds is 4. The molecule has 1 aliphatic rings. The van der Waals surface area contributed by atoms with E-state index in [1.807, 2.05) is 0 Å². The molecule has 0 unspecified atom stereocenters. The predicted octanol–water partition coefficient (Wildman–Crippen LogP) is 2.37. The Morgan fingerprint density at radius 1 is 1.40 bits per heavy atom. The quantitative estimate of drug-likeness (QED) is 0.931. The molecule has 2 aromatic rings. The van der Waals surface area contributed by atoms with Crippen molar-refractivity contribution < 1.29 is 13.9 Å². The number of hydrogen-bond donors (Lipinski definition) is 1. The summed E-state index contributed by atoms with van der Waals surface area (Å²) in [5, 5.41) is 3.98. The van der Waals surface area contributed by atoms with Crippen molar-refractivity contribution in [3.63, 3.8) is 0 Å². The number of pyridine rings is 1. The van der Waals surface area contributed by atoms with Crippen LogP contribution in [0.15, 0.2) is 24.4 Å². The molecule has 2 heterocycles. The van der Waals surface area contributed by atoms with E-state index in [9.17, 15) is 4.39 Å². The number of methoxy groups -OCH3 is 1. The average Bonchev–Trinajstić information content (AvgIpc) is 2.97. The minimum Gasteiger partial charge on any atom is -0.494 e. The summed E-state index contributed by atoms with van der Waals surface area (Å²) in [6, 6.07) is 4.79. The Morgan fingerprint density at radius 2 is 2.30 bits per heavy atom. The van der Waals surface area contributed by atoms with E-state index in [2.05, 4.69) is 10.3 Å². The summed E-state index contributed by atoms with van der Waals surface area (Å²) in [5.41, 5.74) is 0.672. The van der Waals surface area contributed by atoms with Crippen LogP contribution in [0.4, 0.5) is 4.39 Å². The summed E-state index contributed by atoms with van der Waals surface area (Å²) in [7, 11) is 1.44. The van der Waals surface area contributed by atoms with Gasteiger partial charge < -0.3 is 14.8 Å². The van der Waals surface area contributed by atoms with Gasteiger partial charge in [0.15, 0.2) is 11.6 Å². The zero-order valence-corrected chi connectivity index (χ0v) is 11.4. The summed E-state index contributed by atoms with van der Waals surface area (Å²) in [6.45, 7) is 2.65. The van der Waals surface area contributed by atoms with Gasteiger partial charge in [0.2, 0.25) is 0 Å². The lowest BCUT2D eigenvalue weighted by Crippen LogP contribution is -2.15. The van der Waals surface area contributed by atoms with Gasteiger partial charge in [-0.05, 0) is 25.1 Å². The molecule has 1 atom stereocenters. The van der Waals surface area contributed by atoms with E-state index in [1.54, 1.807) is 18.3 Å². The van der Waals surface area contributed by atoms with Crippen molar-refractivity contribution in [1.82, 2.24) is 10.3 Å². The molecule has 0 aliphatic carbocycles. The number of hydrogen-bond acceptors (Lipinski definition) is 4. The number of ether oxygens (including phenoxy) is 2. The standard InChI is InChI=1S/C15H17FN2O2/c1-19-15-7-13-11(6-12(15)16)14(3-5-18-13)20-9-10-2-4-17-8-10/h3,5-7,10,17H,2,4,8-9H2,1H3/t10-/m0/s1. The van der Waals surface area contributed by atoms with Gasteiger partial charge in [0, 0.05) is 30.1 Å². The van der Waals surface area contributed by atoms with Crippen LogP contribution in [0.5, 0.6) is 11.5 Å². The largest absolute Gasteiger partial charge is 0.494 e. The van der Waals surface area contributed by atoms with E-state index >= 15 is 0 Å². The number of aromatic nitrogens is 1. The Hall–Kier alpha value is -1.88. The van der Waals surface area contributed by atoms with Gasteiger partial charge in [0.1, 0.15) is 5.75 Å². The van der Waals surface area contributed by atoms with Crippen molar-refractivity contribution in [2.75, 3.05) is 26.8 Å². The van der Waals surface area contributed by atoms with E-state index in [4.69, 9.17) is 9.47 Å². The third kappa shape index (κ3) is 2.54. The van der Waals surface area contributed by atoms with Gasteiger partial charge in [0.05, 0.1) is 19.2 Å². The van der Waals surface area contributed by atoms with Crippen LogP contribution in [-0.2, 0) is 0 Å². The maximum atomic E-state index is 13.8. The van der Waals surface area contributed by atoms with Crippen molar-refractivity contribution >= 4 is 10.9 Å². The van der Waals surface area contributed by atoms with Crippen LogP contribution in [0.25, 0.3) is 10.9 Å². The highest BCUT2D eigenvalue weighted by Crippen LogP contribution is 2.30. The van der Waals surface area contributed by atoms with Crippen molar-refractivity contribution in [2.24, 2.45) is 5.92 Å². The van der Waals surface area contributed by atoms with Crippen molar-refractivity contribution in [2.45, 2.75) is 6.42 Å². The Kier molecular flexibility index (Phi) is 3.69. The van der Waals surface area contributed by atoms with Crippen molar-refractivity contribution in [1.29, 1.82) is 0 Å². The highest BCUT2D eigenvalue weighted by molar-refractivity contribution is 5.86. The van der Waals surface area contributed by atoms with Gasteiger partial charge in [-0.1, -0.05) is 0 Å². The van der Waals surface area contributed by atoms with E-state index in [0.29, 0.717) is 29.2 Å². The molecule has 3 rings (SSSR count). The molecule has 0 amide bonds. The molecule has 1 aromatic carbocycles. The van der Waals surface area contributed by atoms with Crippen LogP contribution in [0.2, 0.25) is 0 Å². The molecule has 1 saturated heterocycles. The minimum atomic E-state index is -0.402. The zero-order valence-electron chi connectivity index (χ0n) is 11.4. The molecule has 5 heteroatoms. The first kappa shape index (κ1) is 13.1. The third-order valence-electron chi connectivity index (χ3n) is 3.61. The monoisotopic (exact) mass is 276 g/mol. The Bertz CT molecular complexity index is 612. The van der Waals surface area contributed by atoms with Crippen LogP contribution >= 0.6 is 0 Å². The van der Waals surface area contributed by atoms with Crippen LogP contribution in [0.1, 0.15) is 6.42 Å². The van der Waals surface area contributed by atoms with Gasteiger partial charge in [-0.3, -0.25) is 4.98 Å². The number of benzene rings is 1. The van der Waals surface area contributed by atoms with E-state index < -0.39 is 5.82 Å². The molecule has 1 fully saturated rings. The Morgan fingerprint density at radius 3 is 3.05 bits per heavy atom. The molecular weight excluding hydrogens is 259 g/mol. The van der Waals surface area contributed by atoms with Gasteiger partial charge in [0.25, 0.3) is 0 Å². The third-order valence-corrected chi connectivity index (χ3v) is 3.61. The molecule has 106 valence electrons. The van der Waals surface area contributed by atoms with Gasteiger partial charge >= 0.3 is 0 Å². The Labute approximate surface area is 116 Å². The zero-order chi connectivity index (χ0) is 13.9. The fourth-order valence-electron chi connectivity index (χ4n) is 2.47. The summed E-state index contributed by atoms with van der Waals surface area (Å²) in [6.07, 6.45) is 2.78. The SMILES string of the molecule is COc1cc2nccc(OC[C@H]3CCNC3)c2cc1F. The van der Waals surface area contributed by atoms with Gasteiger partial charge in [-0.25, -0.2) is 4.39 Å². The van der Waals surface area contributed by atoms with Crippen molar-refractivity contribution in [3.05, 3.63) is 30.2 Å². The lowest BCUT2D eigenvalue weighted by Gasteiger charge is -2.13. The van der Waals surface area contributed by atoms with Crippen molar-refractivity contribution in [3.8, 4) is 11.5 Å². The fraction of sp³-hybridized carbons (Fsp3) is 0.400.